The Labute approximate surface area is 126 Å². The fourth-order valence-corrected chi connectivity index (χ4v) is 2.50. The highest BCUT2D eigenvalue weighted by Gasteiger charge is 2.22. The van der Waals surface area contributed by atoms with Crippen molar-refractivity contribution in [1.82, 2.24) is 10.9 Å². The van der Waals surface area contributed by atoms with Gasteiger partial charge in [0.15, 0.2) is 0 Å². The second kappa shape index (κ2) is 6.35. The molecular formula is C16H24N2O3. The molecule has 0 fully saturated rings. The SMILES string of the molecule is COc1ccc2c(c1)C(NNC(=O)OC(C)(C)C)CCC2. The minimum absolute atomic E-state index is 0.0800. The largest absolute Gasteiger partial charge is 0.497 e. The van der Waals surface area contributed by atoms with Gasteiger partial charge < -0.3 is 9.47 Å². The molecule has 1 aliphatic rings. The van der Waals surface area contributed by atoms with Gasteiger partial charge >= 0.3 is 6.09 Å². The van der Waals surface area contributed by atoms with Crippen LogP contribution < -0.4 is 15.6 Å². The summed E-state index contributed by atoms with van der Waals surface area (Å²) in [5, 5.41) is 0. The Morgan fingerprint density at radius 2 is 2.10 bits per heavy atom. The van der Waals surface area contributed by atoms with Crippen molar-refractivity contribution in [3.8, 4) is 5.75 Å². The monoisotopic (exact) mass is 292 g/mol. The van der Waals surface area contributed by atoms with Gasteiger partial charge in [0.1, 0.15) is 11.4 Å². The normalized spacial score (nSPS) is 17.8. The molecule has 1 unspecified atom stereocenters. The van der Waals surface area contributed by atoms with Gasteiger partial charge in [0, 0.05) is 0 Å². The lowest BCUT2D eigenvalue weighted by molar-refractivity contribution is 0.0485. The lowest BCUT2D eigenvalue weighted by Crippen LogP contribution is -2.43. The van der Waals surface area contributed by atoms with Gasteiger partial charge in [-0.25, -0.2) is 10.2 Å². The molecule has 5 nitrogen and oxygen atoms in total. The van der Waals surface area contributed by atoms with Crippen molar-refractivity contribution >= 4 is 6.09 Å². The Kier molecular flexibility index (Phi) is 4.73. The molecule has 116 valence electrons. The predicted octanol–water partition coefficient (Wildman–Crippen LogP) is 3.10. The van der Waals surface area contributed by atoms with Crippen LogP contribution in [-0.4, -0.2) is 18.8 Å². The molecule has 1 amide bonds. The van der Waals surface area contributed by atoms with E-state index in [4.69, 9.17) is 9.47 Å². The number of hydrazine groups is 1. The first-order chi connectivity index (χ1) is 9.89. The van der Waals surface area contributed by atoms with E-state index in [0.717, 1.165) is 25.0 Å². The van der Waals surface area contributed by atoms with Crippen molar-refractivity contribution in [1.29, 1.82) is 0 Å². The molecule has 0 saturated heterocycles. The van der Waals surface area contributed by atoms with Crippen molar-refractivity contribution in [3.63, 3.8) is 0 Å². The van der Waals surface area contributed by atoms with Gasteiger partial charge in [-0.15, -0.1) is 0 Å². The quantitative estimate of drug-likeness (QED) is 0.840. The van der Waals surface area contributed by atoms with E-state index in [1.54, 1.807) is 7.11 Å². The topological polar surface area (TPSA) is 59.6 Å². The molecule has 2 rings (SSSR count). The molecule has 0 spiro atoms. The first kappa shape index (κ1) is 15.6. The van der Waals surface area contributed by atoms with Crippen LogP contribution in [0.5, 0.6) is 5.75 Å². The molecule has 0 radical (unpaired) electrons. The van der Waals surface area contributed by atoms with Crippen molar-refractivity contribution < 1.29 is 14.3 Å². The van der Waals surface area contributed by atoms with Gasteiger partial charge in [-0.05, 0) is 63.3 Å². The molecule has 1 aromatic rings. The first-order valence-corrected chi connectivity index (χ1v) is 7.30. The van der Waals surface area contributed by atoms with Crippen LogP contribution >= 0.6 is 0 Å². The molecule has 0 saturated carbocycles. The van der Waals surface area contributed by atoms with Gasteiger partial charge in [0.05, 0.1) is 13.2 Å². The highest BCUT2D eigenvalue weighted by atomic mass is 16.6. The van der Waals surface area contributed by atoms with Gasteiger partial charge in [-0.1, -0.05) is 6.07 Å². The third kappa shape index (κ3) is 4.36. The molecule has 1 atom stereocenters. The van der Waals surface area contributed by atoms with Crippen molar-refractivity contribution in [2.24, 2.45) is 0 Å². The summed E-state index contributed by atoms with van der Waals surface area (Å²) in [4.78, 5) is 11.7. The molecule has 1 aliphatic carbocycles. The van der Waals surface area contributed by atoms with E-state index in [1.807, 2.05) is 32.9 Å². The summed E-state index contributed by atoms with van der Waals surface area (Å²) in [6, 6.07) is 6.18. The number of nitrogens with one attached hydrogen (secondary N) is 2. The number of hydrogen-bond donors (Lipinski definition) is 2. The minimum atomic E-state index is -0.501. The van der Waals surface area contributed by atoms with Gasteiger partial charge in [0.2, 0.25) is 0 Å². The van der Waals surface area contributed by atoms with Crippen molar-refractivity contribution in [2.75, 3.05) is 7.11 Å². The fraction of sp³-hybridized carbons (Fsp3) is 0.562. The highest BCUT2D eigenvalue weighted by molar-refractivity contribution is 5.67. The van der Waals surface area contributed by atoms with Crippen LogP contribution in [0.2, 0.25) is 0 Å². The van der Waals surface area contributed by atoms with E-state index >= 15 is 0 Å². The summed E-state index contributed by atoms with van der Waals surface area (Å²) in [5.74, 6) is 0.833. The van der Waals surface area contributed by atoms with E-state index in [0.29, 0.717) is 0 Å². The summed E-state index contributed by atoms with van der Waals surface area (Å²) in [6.07, 6.45) is 2.66. The average Bonchev–Trinajstić information content (AvgIpc) is 2.42. The van der Waals surface area contributed by atoms with Crippen LogP contribution in [0.4, 0.5) is 4.79 Å². The van der Waals surface area contributed by atoms with Gasteiger partial charge in [0.25, 0.3) is 0 Å². The van der Waals surface area contributed by atoms with E-state index < -0.39 is 11.7 Å². The Morgan fingerprint density at radius 3 is 2.76 bits per heavy atom. The molecule has 1 aromatic carbocycles. The molecule has 0 aliphatic heterocycles. The molecule has 5 heteroatoms. The van der Waals surface area contributed by atoms with Crippen LogP contribution in [0.3, 0.4) is 0 Å². The summed E-state index contributed by atoms with van der Waals surface area (Å²) in [5.41, 5.74) is 7.68. The second-order valence-corrected chi connectivity index (χ2v) is 6.28. The fourth-order valence-electron chi connectivity index (χ4n) is 2.50. The number of aryl methyl sites for hydroxylation is 1. The van der Waals surface area contributed by atoms with Crippen LogP contribution in [0.25, 0.3) is 0 Å². The van der Waals surface area contributed by atoms with Crippen LogP contribution in [-0.2, 0) is 11.2 Å². The van der Waals surface area contributed by atoms with Gasteiger partial charge in [-0.2, -0.15) is 0 Å². The summed E-state index contributed by atoms with van der Waals surface area (Å²) < 4.78 is 10.5. The van der Waals surface area contributed by atoms with E-state index in [9.17, 15) is 4.79 Å². The lowest BCUT2D eigenvalue weighted by atomic mass is 9.88. The zero-order valence-electron chi connectivity index (χ0n) is 13.2. The average molecular weight is 292 g/mol. The maximum atomic E-state index is 11.7. The van der Waals surface area contributed by atoms with Crippen LogP contribution in [0.1, 0.15) is 50.8 Å². The number of methoxy groups -OCH3 is 1. The number of fused-ring (bicyclic) bond motifs is 1. The minimum Gasteiger partial charge on any atom is -0.497 e. The van der Waals surface area contributed by atoms with Crippen molar-refractivity contribution in [3.05, 3.63) is 29.3 Å². The Hall–Kier alpha value is -1.75. The maximum absolute atomic E-state index is 11.7. The number of rotatable bonds is 3. The number of hydrogen-bond acceptors (Lipinski definition) is 4. The molecule has 0 aromatic heterocycles. The summed E-state index contributed by atoms with van der Waals surface area (Å²) in [7, 11) is 1.66. The smallest absolute Gasteiger partial charge is 0.422 e. The number of carbonyl (C=O) groups is 1. The Balaban J connectivity index is 2.01. The van der Waals surface area contributed by atoms with E-state index in [2.05, 4.69) is 16.9 Å². The van der Waals surface area contributed by atoms with Crippen LogP contribution in [0, 0.1) is 0 Å². The highest BCUT2D eigenvalue weighted by Crippen LogP contribution is 2.32. The molecule has 2 N–H and O–H groups in total. The second-order valence-electron chi connectivity index (χ2n) is 6.28. The molecule has 0 bridgehead atoms. The number of ether oxygens (including phenoxy) is 2. The van der Waals surface area contributed by atoms with E-state index in [-0.39, 0.29) is 6.04 Å². The van der Waals surface area contributed by atoms with E-state index in [1.165, 1.54) is 11.1 Å². The Bertz CT molecular complexity index is 509. The number of benzene rings is 1. The zero-order chi connectivity index (χ0) is 15.5. The molecule has 0 heterocycles. The molecular weight excluding hydrogens is 268 g/mol. The van der Waals surface area contributed by atoms with Crippen LogP contribution in [0.15, 0.2) is 18.2 Å². The van der Waals surface area contributed by atoms with Gasteiger partial charge in [-0.3, -0.25) is 5.43 Å². The Morgan fingerprint density at radius 1 is 1.33 bits per heavy atom. The maximum Gasteiger partial charge on any atom is 0.422 e. The lowest BCUT2D eigenvalue weighted by Gasteiger charge is -2.28. The number of amides is 1. The third-order valence-corrected chi connectivity index (χ3v) is 3.41. The summed E-state index contributed by atoms with van der Waals surface area (Å²) in [6.45, 7) is 5.52. The summed E-state index contributed by atoms with van der Waals surface area (Å²) >= 11 is 0. The van der Waals surface area contributed by atoms with Crippen molar-refractivity contribution in [2.45, 2.75) is 51.7 Å². The number of carbonyl (C=O) groups excluding carboxylic acids is 1. The molecule has 21 heavy (non-hydrogen) atoms. The third-order valence-electron chi connectivity index (χ3n) is 3.41. The predicted molar refractivity (Wildman–Crippen MR) is 81.2 cm³/mol. The first-order valence-electron chi connectivity index (χ1n) is 7.30. The zero-order valence-corrected chi connectivity index (χ0v) is 13.2. The standard InChI is InChI=1S/C16H24N2O3/c1-16(2,3)21-15(19)18-17-14-7-5-6-11-8-9-12(20-4)10-13(11)14/h8-10,14,17H,5-7H2,1-4H3,(H,18,19).